The Bertz CT molecular complexity index is 371. The number of non-ortho nitro benzene ring substituents is 1. The van der Waals surface area contributed by atoms with Crippen molar-refractivity contribution in [3.8, 4) is 0 Å². The van der Waals surface area contributed by atoms with Crippen molar-refractivity contribution in [1.82, 2.24) is 0 Å². The number of aliphatic hydroxyl groups is 1. The highest BCUT2D eigenvalue weighted by Crippen LogP contribution is 2.28. The molecule has 1 aromatic carbocycles. The van der Waals surface area contributed by atoms with Gasteiger partial charge in [0, 0.05) is 16.6 Å². The molecule has 0 aliphatic carbocycles. The van der Waals surface area contributed by atoms with Crippen LogP contribution in [0.15, 0.2) is 22.7 Å². The Morgan fingerprint density at radius 3 is 2.43 bits per heavy atom. The van der Waals surface area contributed by atoms with Crippen LogP contribution in [0.2, 0.25) is 0 Å². The number of halogens is 1. The van der Waals surface area contributed by atoms with Crippen molar-refractivity contribution in [2.45, 2.75) is 19.4 Å². The van der Waals surface area contributed by atoms with Gasteiger partial charge in [0.15, 0.2) is 0 Å². The van der Waals surface area contributed by atoms with Crippen LogP contribution in [0.4, 0.5) is 5.69 Å². The average molecular weight is 260 g/mol. The summed E-state index contributed by atoms with van der Waals surface area (Å²) in [4.78, 5) is 10.0. The van der Waals surface area contributed by atoms with E-state index in [0.29, 0.717) is 10.0 Å². The molecule has 1 aromatic rings. The van der Waals surface area contributed by atoms with Crippen molar-refractivity contribution in [2.75, 3.05) is 0 Å². The smallest absolute Gasteiger partial charge is 0.270 e. The van der Waals surface area contributed by atoms with Crippen LogP contribution in [0.5, 0.6) is 0 Å². The maximum absolute atomic E-state index is 10.5. The van der Waals surface area contributed by atoms with Crippen molar-refractivity contribution in [1.29, 1.82) is 0 Å². The molecule has 0 aliphatic heterocycles. The van der Waals surface area contributed by atoms with Crippen LogP contribution < -0.4 is 0 Å². The number of hydrogen-bond donors (Lipinski definition) is 1. The van der Waals surface area contributed by atoms with E-state index in [2.05, 4.69) is 15.9 Å². The standard InChI is InChI=1S/C9H10BrNO3/c1-9(2,12)6-3-7(10)5-8(4-6)11(13)14/h3-5,12H,1-2H3. The maximum Gasteiger partial charge on any atom is 0.270 e. The summed E-state index contributed by atoms with van der Waals surface area (Å²) in [7, 11) is 0. The molecule has 0 radical (unpaired) electrons. The SMILES string of the molecule is CC(C)(O)c1cc(Br)cc([N+](=O)[O-])c1. The van der Waals surface area contributed by atoms with Crippen LogP contribution in [0, 0.1) is 10.1 Å². The van der Waals surface area contributed by atoms with Crippen LogP contribution in [0.25, 0.3) is 0 Å². The van der Waals surface area contributed by atoms with E-state index in [0.717, 1.165) is 0 Å². The zero-order chi connectivity index (χ0) is 10.9. The Balaban J connectivity index is 3.28. The highest BCUT2D eigenvalue weighted by molar-refractivity contribution is 9.10. The summed E-state index contributed by atoms with van der Waals surface area (Å²) in [5.41, 5.74) is -0.593. The van der Waals surface area contributed by atoms with Crippen molar-refractivity contribution in [2.24, 2.45) is 0 Å². The van der Waals surface area contributed by atoms with E-state index < -0.39 is 10.5 Å². The van der Waals surface area contributed by atoms with Crippen molar-refractivity contribution >= 4 is 21.6 Å². The number of hydrogen-bond acceptors (Lipinski definition) is 3. The first-order valence-electron chi connectivity index (χ1n) is 3.98. The molecule has 0 unspecified atom stereocenters. The lowest BCUT2D eigenvalue weighted by atomic mass is 9.98. The first-order valence-corrected chi connectivity index (χ1v) is 4.78. The van der Waals surface area contributed by atoms with Crippen LogP contribution in [0.3, 0.4) is 0 Å². The van der Waals surface area contributed by atoms with E-state index in [9.17, 15) is 15.2 Å². The Hall–Kier alpha value is -0.940. The van der Waals surface area contributed by atoms with Crippen molar-refractivity contribution < 1.29 is 10.0 Å². The largest absolute Gasteiger partial charge is 0.386 e. The molecule has 0 aliphatic rings. The molecule has 76 valence electrons. The van der Waals surface area contributed by atoms with Gasteiger partial charge in [0.25, 0.3) is 5.69 Å². The molecule has 5 heteroatoms. The lowest BCUT2D eigenvalue weighted by molar-refractivity contribution is -0.385. The van der Waals surface area contributed by atoms with Gasteiger partial charge >= 0.3 is 0 Å². The summed E-state index contributed by atoms with van der Waals surface area (Å²) in [6.07, 6.45) is 0. The molecule has 1 rings (SSSR count). The first-order chi connectivity index (χ1) is 6.30. The molecule has 0 spiro atoms. The van der Waals surface area contributed by atoms with Crippen molar-refractivity contribution in [3.05, 3.63) is 38.3 Å². The second-order valence-electron chi connectivity index (χ2n) is 3.51. The Morgan fingerprint density at radius 2 is 2.00 bits per heavy atom. The third kappa shape index (κ3) is 2.52. The summed E-state index contributed by atoms with van der Waals surface area (Å²) in [5.74, 6) is 0. The molecular weight excluding hydrogens is 250 g/mol. The van der Waals surface area contributed by atoms with Crippen LogP contribution >= 0.6 is 15.9 Å². The molecule has 0 bridgehead atoms. The van der Waals surface area contributed by atoms with Gasteiger partial charge in [-0.25, -0.2) is 0 Å². The van der Waals surface area contributed by atoms with E-state index in [-0.39, 0.29) is 5.69 Å². The third-order valence-corrected chi connectivity index (χ3v) is 2.26. The molecule has 0 fully saturated rings. The van der Waals surface area contributed by atoms with Gasteiger partial charge in [-0.1, -0.05) is 15.9 Å². The zero-order valence-electron chi connectivity index (χ0n) is 7.82. The minimum absolute atomic E-state index is 0.0310. The van der Waals surface area contributed by atoms with E-state index in [1.54, 1.807) is 19.9 Å². The fourth-order valence-electron chi connectivity index (χ4n) is 1.03. The van der Waals surface area contributed by atoms with Crippen LogP contribution in [-0.2, 0) is 5.60 Å². The zero-order valence-corrected chi connectivity index (χ0v) is 9.41. The molecule has 0 amide bonds. The molecular formula is C9H10BrNO3. The van der Waals surface area contributed by atoms with Gasteiger partial charge in [-0.05, 0) is 25.5 Å². The van der Waals surface area contributed by atoms with Crippen molar-refractivity contribution in [3.63, 3.8) is 0 Å². The summed E-state index contributed by atoms with van der Waals surface area (Å²) in [5, 5.41) is 20.2. The fraction of sp³-hybridized carbons (Fsp3) is 0.333. The first kappa shape index (κ1) is 11.1. The molecule has 1 N–H and O–H groups in total. The predicted octanol–water partition coefficient (Wildman–Crippen LogP) is 2.58. The highest BCUT2D eigenvalue weighted by atomic mass is 79.9. The fourth-order valence-corrected chi connectivity index (χ4v) is 1.51. The number of benzene rings is 1. The quantitative estimate of drug-likeness (QED) is 0.656. The van der Waals surface area contributed by atoms with Gasteiger partial charge in [0.2, 0.25) is 0 Å². The van der Waals surface area contributed by atoms with E-state index in [1.165, 1.54) is 12.1 Å². The number of nitrogens with zero attached hydrogens (tertiary/aromatic N) is 1. The minimum atomic E-state index is -1.07. The third-order valence-electron chi connectivity index (χ3n) is 1.80. The van der Waals surface area contributed by atoms with E-state index in [4.69, 9.17) is 0 Å². The normalized spacial score (nSPS) is 11.4. The Labute approximate surface area is 89.8 Å². The average Bonchev–Trinajstić information content (AvgIpc) is 2.01. The molecule has 0 heterocycles. The second kappa shape index (κ2) is 3.67. The molecule has 0 aromatic heterocycles. The molecule has 0 atom stereocenters. The molecule has 0 saturated carbocycles. The number of rotatable bonds is 2. The topological polar surface area (TPSA) is 63.4 Å². The predicted molar refractivity (Wildman–Crippen MR) is 56.0 cm³/mol. The van der Waals surface area contributed by atoms with Gasteiger partial charge in [-0.3, -0.25) is 10.1 Å². The number of nitro benzene ring substituents is 1. The summed E-state index contributed by atoms with van der Waals surface area (Å²) < 4.78 is 0.587. The summed E-state index contributed by atoms with van der Waals surface area (Å²) in [6.45, 7) is 3.16. The van der Waals surface area contributed by atoms with Gasteiger partial charge in [0.05, 0.1) is 10.5 Å². The van der Waals surface area contributed by atoms with E-state index in [1.807, 2.05) is 0 Å². The molecule has 14 heavy (non-hydrogen) atoms. The number of nitro groups is 1. The van der Waals surface area contributed by atoms with E-state index >= 15 is 0 Å². The Morgan fingerprint density at radius 1 is 1.43 bits per heavy atom. The lowest BCUT2D eigenvalue weighted by Crippen LogP contribution is -2.15. The van der Waals surface area contributed by atoms with Crippen LogP contribution in [-0.4, -0.2) is 10.0 Å². The monoisotopic (exact) mass is 259 g/mol. The maximum atomic E-state index is 10.5. The van der Waals surface area contributed by atoms with Gasteiger partial charge in [-0.2, -0.15) is 0 Å². The highest BCUT2D eigenvalue weighted by Gasteiger charge is 2.19. The minimum Gasteiger partial charge on any atom is -0.386 e. The summed E-state index contributed by atoms with van der Waals surface area (Å²) in [6, 6.07) is 4.42. The Kier molecular flexibility index (Phi) is 2.92. The van der Waals surface area contributed by atoms with Crippen LogP contribution in [0.1, 0.15) is 19.4 Å². The van der Waals surface area contributed by atoms with Gasteiger partial charge in [-0.15, -0.1) is 0 Å². The van der Waals surface area contributed by atoms with Gasteiger partial charge in [0.1, 0.15) is 0 Å². The molecule has 0 saturated heterocycles. The van der Waals surface area contributed by atoms with Gasteiger partial charge < -0.3 is 5.11 Å². The lowest BCUT2D eigenvalue weighted by Gasteiger charge is -2.17. The summed E-state index contributed by atoms with van der Waals surface area (Å²) >= 11 is 3.16. The molecule has 4 nitrogen and oxygen atoms in total. The second-order valence-corrected chi connectivity index (χ2v) is 4.43.